The fourth-order valence-corrected chi connectivity index (χ4v) is 5.88. The smallest absolute Gasteiger partial charge is 0.254 e. The lowest BCUT2D eigenvalue weighted by atomic mass is 10.1. The highest BCUT2D eigenvalue weighted by molar-refractivity contribution is 8.19. The first-order chi connectivity index (χ1) is 13.3. The Balaban J connectivity index is 1.53. The third kappa shape index (κ3) is 4.57. The monoisotopic (exact) mass is 396 g/mol. The molecule has 0 radical (unpaired) electrons. The molecule has 0 saturated carbocycles. The largest absolute Gasteiger partial charge is 0.467 e. The van der Waals surface area contributed by atoms with Crippen molar-refractivity contribution >= 4 is 29.4 Å². The Morgan fingerprint density at radius 1 is 1.07 bits per heavy atom. The van der Waals surface area contributed by atoms with Gasteiger partial charge < -0.3 is 9.32 Å². The number of benzene rings is 1. The maximum atomic E-state index is 13.2. The number of pyridine rings is 1. The van der Waals surface area contributed by atoms with E-state index in [4.69, 9.17) is 4.42 Å². The summed E-state index contributed by atoms with van der Waals surface area (Å²) >= 11 is 3.94. The van der Waals surface area contributed by atoms with E-state index < -0.39 is 0 Å². The number of hydrogen-bond acceptors (Lipinski definition) is 5. The predicted molar refractivity (Wildman–Crippen MR) is 111 cm³/mol. The molecular weight excluding hydrogens is 376 g/mol. The van der Waals surface area contributed by atoms with Crippen LogP contribution in [0.4, 0.5) is 0 Å². The number of nitrogens with zero attached hydrogens (tertiary/aromatic N) is 2. The second-order valence-electron chi connectivity index (χ2n) is 6.30. The lowest BCUT2D eigenvalue weighted by Crippen LogP contribution is -2.30. The standard InChI is InChI=1S/C21H20N2O2S2/c24-20(17-5-7-18(8-6-17)21-26-11-12-27-21)23(15-19-4-2-10-25-19)14-16-3-1-9-22-13-16/h1-10,13,21H,11-12,14-15H2. The Kier molecular flexibility index (Phi) is 5.84. The Morgan fingerprint density at radius 2 is 1.89 bits per heavy atom. The van der Waals surface area contributed by atoms with Gasteiger partial charge in [-0.05, 0) is 41.5 Å². The van der Waals surface area contributed by atoms with Crippen molar-refractivity contribution in [1.82, 2.24) is 9.88 Å². The van der Waals surface area contributed by atoms with Crippen LogP contribution in [0, 0.1) is 0 Å². The van der Waals surface area contributed by atoms with E-state index >= 15 is 0 Å². The van der Waals surface area contributed by atoms with Gasteiger partial charge in [0.15, 0.2) is 0 Å². The number of thioether (sulfide) groups is 2. The van der Waals surface area contributed by atoms with Gasteiger partial charge in [0.1, 0.15) is 5.76 Å². The van der Waals surface area contributed by atoms with Crippen LogP contribution in [0.25, 0.3) is 0 Å². The van der Waals surface area contributed by atoms with Crippen molar-refractivity contribution in [2.45, 2.75) is 17.7 Å². The number of hydrogen-bond donors (Lipinski definition) is 0. The molecule has 0 atom stereocenters. The number of aromatic nitrogens is 1. The van der Waals surface area contributed by atoms with E-state index in [1.807, 2.05) is 59.9 Å². The van der Waals surface area contributed by atoms with Gasteiger partial charge in [-0.15, -0.1) is 23.5 Å². The molecule has 1 aliphatic heterocycles. The van der Waals surface area contributed by atoms with E-state index in [9.17, 15) is 4.79 Å². The maximum absolute atomic E-state index is 13.2. The van der Waals surface area contributed by atoms with Crippen LogP contribution >= 0.6 is 23.5 Å². The third-order valence-corrected chi connectivity index (χ3v) is 7.47. The second-order valence-corrected chi connectivity index (χ2v) is 9.02. The fraction of sp³-hybridized carbons (Fsp3) is 0.238. The first kappa shape index (κ1) is 18.2. The minimum atomic E-state index is -0.00599. The average molecular weight is 397 g/mol. The minimum Gasteiger partial charge on any atom is -0.467 e. The SMILES string of the molecule is O=C(c1ccc(C2SCCS2)cc1)N(Cc1cccnc1)Cc1ccco1. The van der Waals surface area contributed by atoms with Crippen molar-refractivity contribution in [2.75, 3.05) is 11.5 Å². The van der Waals surface area contributed by atoms with E-state index in [1.54, 1.807) is 23.6 Å². The van der Waals surface area contributed by atoms with Crippen LogP contribution in [-0.4, -0.2) is 27.3 Å². The highest BCUT2D eigenvalue weighted by Gasteiger charge is 2.21. The molecule has 27 heavy (non-hydrogen) atoms. The molecule has 1 aliphatic rings. The molecule has 0 spiro atoms. The van der Waals surface area contributed by atoms with Gasteiger partial charge >= 0.3 is 0 Å². The molecular formula is C21H20N2O2S2. The quantitative estimate of drug-likeness (QED) is 0.587. The zero-order valence-corrected chi connectivity index (χ0v) is 16.4. The molecule has 2 aromatic heterocycles. The Labute approximate surface area is 167 Å². The van der Waals surface area contributed by atoms with Crippen molar-refractivity contribution in [1.29, 1.82) is 0 Å². The highest BCUT2D eigenvalue weighted by atomic mass is 32.2. The summed E-state index contributed by atoms with van der Waals surface area (Å²) in [5, 5.41) is 0. The van der Waals surface area contributed by atoms with E-state index in [2.05, 4.69) is 17.1 Å². The molecule has 4 rings (SSSR count). The van der Waals surface area contributed by atoms with Crippen molar-refractivity contribution in [2.24, 2.45) is 0 Å². The van der Waals surface area contributed by atoms with E-state index in [0.717, 1.165) is 11.3 Å². The molecule has 3 heterocycles. The van der Waals surface area contributed by atoms with Crippen LogP contribution in [-0.2, 0) is 13.1 Å². The number of rotatable bonds is 6. The summed E-state index contributed by atoms with van der Waals surface area (Å²) in [5.74, 6) is 3.15. The first-order valence-corrected chi connectivity index (χ1v) is 10.9. The number of furan rings is 1. The van der Waals surface area contributed by atoms with Crippen LogP contribution in [0.2, 0.25) is 0 Å². The maximum Gasteiger partial charge on any atom is 0.254 e. The highest BCUT2D eigenvalue weighted by Crippen LogP contribution is 2.45. The molecule has 138 valence electrons. The number of carbonyl (C=O) groups excluding carboxylic acids is 1. The van der Waals surface area contributed by atoms with E-state index in [1.165, 1.54) is 17.1 Å². The van der Waals surface area contributed by atoms with Crippen molar-refractivity contribution < 1.29 is 9.21 Å². The van der Waals surface area contributed by atoms with Crippen LogP contribution in [0.3, 0.4) is 0 Å². The van der Waals surface area contributed by atoms with E-state index in [-0.39, 0.29) is 5.91 Å². The third-order valence-electron chi connectivity index (χ3n) is 4.36. The van der Waals surface area contributed by atoms with Gasteiger partial charge in [0.25, 0.3) is 5.91 Å². The summed E-state index contributed by atoms with van der Waals surface area (Å²) in [4.78, 5) is 19.1. The molecule has 0 unspecified atom stereocenters. The van der Waals surface area contributed by atoms with Crippen LogP contribution < -0.4 is 0 Å². The van der Waals surface area contributed by atoms with Crippen LogP contribution in [0.1, 0.15) is 31.8 Å². The van der Waals surface area contributed by atoms with Crippen molar-refractivity contribution in [3.63, 3.8) is 0 Å². The molecule has 1 amide bonds. The zero-order chi connectivity index (χ0) is 18.5. The van der Waals surface area contributed by atoms with Crippen LogP contribution in [0.5, 0.6) is 0 Å². The molecule has 1 fully saturated rings. The van der Waals surface area contributed by atoms with E-state index in [0.29, 0.717) is 23.2 Å². The molecule has 1 aromatic carbocycles. The van der Waals surface area contributed by atoms with Gasteiger partial charge in [0, 0.05) is 36.0 Å². The minimum absolute atomic E-state index is 0.00599. The van der Waals surface area contributed by atoms with Gasteiger partial charge in [0.2, 0.25) is 0 Å². The van der Waals surface area contributed by atoms with Gasteiger partial charge in [-0.3, -0.25) is 9.78 Å². The summed E-state index contributed by atoms with van der Waals surface area (Å²) in [6, 6.07) is 15.6. The van der Waals surface area contributed by atoms with Crippen molar-refractivity contribution in [3.05, 3.63) is 89.6 Å². The number of amides is 1. The molecule has 6 heteroatoms. The fourth-order valence-electron chi connectivity index (χ4n) is 3.02. The molecule has 0 N–H and O–H groups in total. The molecule has 0 aliphatic carbocycles. The first-order valence-electron chi connectivity index (χ1n) is 8.83. The summed E-state index contributed by atoms with van der Waals surface area (Å²) in [6.45, 7) is 0.917. The van der Waals surface area contributed by atoms with Crippen LogP contribution in [0.15, 0.2) is 71.6 Å². The Bertz CT molecular complexity index is 861. The molecule has 3 aromatic rings. The zero-order valence-electron chi connectivity index (χ0n) is 14.8. The molecule has 1 saturated heterocycles. The number of carbonyl (C=O) groups is 1. The van der Waals surface area contributed by atoms with Gasteiger partial charge in [-0.1, -0.05) is 18.2 Å². The van der Waals surface area contributed by atoms with Gasteiger partial charge in [-0.2, -0.15) is 0 Å². The lowest BCUT2D eigenvalue weighted by molar-refractivity contribution is 0.0717. The Hall–Kier alpha value is -2.18. The van der Waals surface area contributed by atoms with Crippen molar-refractivity contribution in [3.8, 4) is 0 Å². The lowest BCUT2D eigenvalue weighted by Gasteiger charge is -2.22. The summed E-state index contributed by atoms with van der Waals surface area (Å²) in [5.41, 5.74) is 2.97. The summed E-state index contributed by atoms with van der Waals surface area (Å²) in [6.07, 6.45) is 5.16. The summed E-state index contributed by atoms with van der Waals surface area (Å²) in [7, 11) is 0. The Morgan fingerprint density at radius 3 is 2.56 bits per heavy atom. The van der Waals surface area contributed by atoms with Gasteiger partial charge in [-0.25, -0.2) is 0 Å². The van der Waals surface area contributed by atoms with Gasteiger partial charge in [0.05, 0.1) is 17.4 Å². The summed E-state index contributed by atoms with van der Waals surface area (Å²) < 4.78 is 5.95. The average Bonchev–Trinajstić information content (AvgIpc) is 3.42. The second kappa shape index (κ2) is 8.67. The normalized spacial score (nSPS) is 14.4. The molecule has 0 bridgehead atoms. The predicted octanol–water partition coefficient (Wildman–Crippen LogP) is 5.00. The topological polar surface area (TPSA) is 46.3 Å². The molecule has 4 nitrogen and oxygen atoms in total.